The van der Waals surface area contributed by atoms with Gasteiger partial charge in [0, 0.05) is 44.3 Å². The third kappa shape index (κ3) is 7.72. The third-order valence-corrected chi connectivity index (χ3v) is 6.30. The molecule has 0 radical (unpaired) electrons. The molecule has 2 fully saturated rings. The van der Waals surface area contributed by atoms with Gasteiger partial charge in [0.15, 0.2) is 0 Å². The number of aliphatic imine (C=N–C) groups is 1. The second-order valence-electron chi connectivity index (χ2n) is 10.4. The summed E-state index contributed by atoms with van der Waals surface area (Å²) in [6, 6.07) is 3.03. The summed E-state index contributed by atoms with van der Waals surface area (Å²) in [5, 5.41) is 0. The molecule has 1 aliphatic heterocycles. The molecule has 0 N–H and O–H groups in total. The summed E-state index contributed by atoms with van der Waals surface area (Å²) < 4.78 is 26.9. The number of carbonyl (C=O) groups is 3. The van der Waals surface area contributed by atoms with Gasteiger partial charge in [0.05, 0.1) is 19.8 Å². The zero-order valence-electron chi connectivity index (χ0n) is 22.9. The van der Waals surface area contributed by atoms with Crippen molar-refractivity contribution in [1.29, 1.82) is 0 Å². The minimum Gasteiger partial charge on any atom is -0.489 e. The van der Waals surface area contributed by atoms with Crippen LogP contribution in [0, 0.1) is 5.92 Å². The molecule has 10 nitrogen and oxygen atoms in total. The quantitative estimate of drug-likeness (QED) is 0.261. The van der Waals surface area contributed by atoms with Gasteiger partial charge in [-0.25, -0.2) is 14.4 Å². The second kappa shape index (κ2) is 12.8. The lowest BCUT2D eigenvalue weighted by molar-refractivity contribution is 0.0186. The fourth-order valence-corrected chi connectivity index (χ4v) is 4.26. The average Bonchev–Trinajstić information content (AvgIpc) is 2.86. The molecule has 1 saturated heterocycles. The van der Waals surface area contributed by atoms with Gasteiger partial charge in [-0.05, 0) is 45.6 Å². The number of ether oxygens (including phenoxy) is 5. The largest absolute Gasteiger partial charge is 0.489 e. The minimum absolute atomic E-state index is 0.00171. The Bertz CT molecular complexity index is 1060. The lowest BCUT2D eigenvalue weighted by atomic mass is 9.91. The first-order chi connectivity index (χ1) is 18.0. The summed E-state index contributed by atoms with van der Waals surface area (Å²) in [4.78, 5) is 43.6. The maximum absolute atomic E-state index is 12.4. The highest BCUT2D eigenvalue weighted by atomic mass is 16.6. The second-order valence-corrected chi connectivity index (χ2v) is 10.4. The van der Waals surface area contributed by atoms with Crippen LogP contribution in [-0.2, 0) is 14.2 Å². The average molecular weight is 531 g/mol. The molecule has 2 aliphatic rings. The number of likely N-dealkylation sites (tertiary alicyclic amines) is 1. The zero-order chi connectivity index (χ0) is 27.9. The number of methoxy groups -OCH3 is 2. The van der Waals surface area contributed by atoms with Crippen molar-refractivity contribution in [3.05, 3.63) is 35.9 Å². The van der Waals surface area contributed by atoms with E-state index in [1.165, 1.54) is 26.4 Å². The Labute approximate surface area is 223 Å². The highest BCUT2D eigenvalue weighted by Crippen LogP contribution is 2.33. The van der Waals surface area contributed by atoms with Gasteiger partial charge in [-0.1, -0.05) is 12.7 Å². The standard InChI is InChI=1S/C28H38N2O8/c1-7-12-36-23-16-21(15-22(25(31)34-5)24(23)26(32)35-6)37-20-13-19(14-20)29-17-18-8-10-30(11-9-18)27(33)38-28(2,3)4/h7,15-16,18,20H,1,8-14,17H2,2-6H3. The van der Waals surface area contributed by atoms with Crippen molar-refractivity contribution in [3.8, 4) is 11.5 Å². The Balaban J connectivity index is 1.56. The van der Waals surface area contributed by atoms with Gasteiger partial charge in [-0.3, -0.25) is 4.99 Å². The monoisotopic (exact) mass is 530 g/mol. The van der Waals surface area contributed by atoms with Crippen LogP contribution in [0.25, 0.3) is 0 Å². The van der Waals surface area contributed by atoms with E-state index < -0.39 is 17.5 Å². The summed E-state index contributed by atoms with van der Waals surface area (Å²) in [7, 11) is 2.46. The van der Waals surface area contributed by atoms with Crippen LogP contribution in [-0.4, -0.2) is 80.8 Å². The van der Waals surface area contributed by atoms with Crippen molar-refractivity contribution in [3.63, 3.8) is 0 Å². The van der Waals surface area contributed by atoms with Crippen LogP contribution in [0.2, 0.25) is 0 Å². The predicted octanol–water partition coefficient (Wildman–Crippen LogP) is 4.45. The van der Waals surface area contributed by atoms with Crippen LogP contribution in [0.5, 0.6) is 11.5 Å². The maximum Gasteiger partial charge on any atom is 0.410 e. The van der Waals surface area contributed by atoms with Gasteiger partial charge in [0.2, 0.25) is 0 Å². The molecule has 0 aromatic heterocycles. The van der Waals surface area contributed by atoms with E-state index in [0.29, 0.717) is 37.6 Å². The number of benzene rings is 1. The molecule has 0 spiro atoms. The van der Waals surface area contributed by atoms with Gasteiger partial charge in [0.1, 0.15) is 35.4 Å². The van der Waals surface area contributed by atoms with Crippen LogP contribution >= 0.6 is 0 Å². The predicted molar refractivity (Wildman–Crippen MR) is 141 cm³/mol. The van der Waals surface area contributed by atoms with E-state index in [0.717, 1.165) is 25.1 Å². The lowest BCUT2D eigenvalue weighted by Gasteiger charge is -2.33. The van der Waals surface area contributed by atoms with Crippen molar-refractivity contribution in [2.75, 3.05) is 40.5 Å². The van der Waals surface area contributed by atoms with Crippen LogP contribution in [0.3, 0.4) is 0 Å². The summed E-state index contributed by atoms with van der Waals surface area (Å²) in [5.41, 5.74) is 0.559. The first kappa shape index (κ1) is 29.0. The molecule has 1 amide bonds. The molecule has 38 heavy (non-hydrogen) atoms. The number of carbonyl (C=O) groups excluding carboxylic acids is 3. The van der Waals surface area contributed by atoms with E-state index >= 15 is 0 Å². The SMILES string of the molecule is C=CCOc1cc(OC2CC(=NCC3CCN(C(=O)OC(C)(C)C)CC3)C2)cc(C(=O)OC)c1C(=O)OC. The number of hydrogen-bond donors (Lipinski definition) is 0. The Hall–Kier alpha value is -3.56. The van der Waals surface area contributed by atoms with Crippen molar-refractivity contribution in [2.24, 2.45) is 10.9 Å². The molecule has 1 aromatic carbocycles. The topological polar surface area (TPSA) is 113 Å². The third-order valence-electron chi connectivity index (χ3n) is 6.30. The van der Waals surface area contributed by atoms with Crippen molar-refractivity contribution < 1.29 is 38.1 Å². The molecule has 1 saturated carbocycles. The number of rotatable bonds is 9. The summed E-state index contributed by atoms with van der Waals surface area (Å²) >= 11 is 0. The number of esters is 2. The number of piperidine rings is 1. The first-order valence-electron chi connectivity index (χ1n) is 12.8. The Morgan fingerprint density at radius 1 is 1.08 bits per heavy atom. The molecule has 1 aliphatic carbocycles. The first-order valence-corrected chi connectivity index (χ1v) is 12.8. The fourth-order valence-electron chi connectivity index (χ4n) is 4.26. The van der Waals surface area contributed by atoms with E-state index in [9.17, 15) is 14.4 Å². The van der Waals surface area contributed by atoms with Crippen LogP contribution < -0.4 is 9.47 Å². The van der Waals surface area contributed by atoms with Crippen LogP contribution in [0.1, 0.15) is 67.2 Å². The molecule has 0 unspecified atom stereocenters. The Morgan fingerprint density at radius 3 is 2.32 bits per heavy atom. The molecule has 3 rings (SSSR count). The number of amides is 1. The van der Waals surface area contributed by atoms with Crippen LogP contribution in [0.4, 0.5) is 4.79 Å². The zero-order valence-corrected chi connectivity index (χ0v) is 22.9. The summed E-state index contributed by atoms with van der Waals surface area (Å²) in [5.74, 6) is -0.450. The minimum atomic E-state index is -0.717. The fraction of sp³-hybridized carbons (Fsp3) is 0.571. The van der Waals surface area contributed by atoms with Crippen LogP contribution in [0.15, 0.2) is 29.8 Å². The van der Waals surface area contributed by atoms with E-state index in [-0.39, 0.29) is 35.7 Å². The normalized spacial score (nSPS) is 17.7. The van der Waals surface area contributed by atoms with Gasteiger partial charge in [0.25, 0.3) is 0 Å². The highest BCUT2D eigenvalue weighted by molar-refractivity contribution is 6.05. The number of nitrogens with zero attached hydrogens (tertiary/aromatic N) is 2. The van der Waals surface area contributed by atoms with Crippen molar-refractivity contribution in [1.82, 2.24) is 4.90 Å². The van der Waals surface area contributed by atoms with E-state index in [1.54, 1.807) is 11.0 Å². The summed E-state index contributed by atoms with van der Waals surface area (Å²) in [6.07, 6.45) is 4.30. The molecular formula is C28H38N2O8. The number of hydrogen-bond acceptors (Lipinski definition) is 9. The Kier molecular flexibility index (Phi) is 9.77. The lowest BCUT2D eigenvalue weighted by Crippen LogP contribution is -2.42. The van der Waals surface area contributed by atoms with Gasteiger partial charge < -0.3 is 28.6 Å². The molecule has 0 bridgehead atoms. The van der Waals surface area contributed by atoms with E-state index in [4.69, 9.17) is 28.7 Å². The highest BCUT2D eigenvalue weighted by Gasteiger charge is 2.31. The molecule has 1 heterocycles. The molecule has 0 atom stereocenters. The molecular weight excluding hydrogens is 492 g/mol. The molecule has 1 aromatic rings. The van der Waals surface area contributed by atoms with Gasteiger partial charge in [-0.2, -0.15) is 0 Å². The van der Waals surface area contributed by atoms with Gasteiger partial charge >= 0.3 is 18.0 Å². The van der Waals surface area contributed by atoms with Crippen molar-refractivity contribution in [2.45, 2.75) is 58.2 Å². The maximum atomic E-state index is 12.4. The summed E-state index contributed by atoms with van der Waals surface area (Å²) in [6.45, 7) is 11.4. The van der Waals surface area contributed by atoms with Crippen molar-refractivity contribution >= 4 is 23.7 Å². The van der Waals surface area contributed by atoms with E-state index in [2.05, 4.69) is 6.58 Å². The smallest absolute Gasteiger partial charge is 0.410 e. The molecule has 10 heteroatoms. The molecule has 208 valence electrons. The van der Waals surface area contributed by atoms with E-state index in [1.807, 2.05) is 20.8 Å². The Morgan fingerprint density at radius 2 is 1.74 bits per heavy atom. The van der Waals surface area contributed by atoms with Gasteiger partial charge in [-0.15, -0.1) is 0 Å².